The van der Waals surface area contributed by atoms with Crippen LogP contribution in [0.15, 0.2) is 170 Å². The normalized spacial score (nSPS) is 12.5. The third-order valence-corrected chi connectivity index (χ3v) is 11.7. The average Bonchev–Trinajstić information content (AvgIpc) is 3.94. The van der Waals surface area contributed by atoms with Crippen molar-refractivity contribution in [3.8, 4) is 0 Å². The third-order valence-electron chi connectivity index (χ3n) is 11.7. The molecule has 53 heavy (non-hydrogen) atoms. The second kappa shape index (κ2) is 9.78. The Hall–Kier alpha value is -7.17. The lowest BCUT2D eigenvalue weighted by Gasteiger charge is -2.26. The fourth-order valence-electron chi connectivity index (χ4n) is 9.60. The molecule has 0 aliphatic heterocycles. The number of benzene rings is 8. The van der Waals surface area contributed by atoms with Gasteiger partial charge in [-0.15, -0.1) is 0 Å². The molecule has 0 saturated carbocycles. The van der Waals surface area contributed by atoms with Gasteiger partial charge in [0.2, 0.25) is 0 Å². The molecule has 0 N–H and O–H groups in total. The van der Waals surface area contributed by atoms with Gasteiger partial charge in [0.25, 0.3) is 0 Å². The van der Waals surface area contributed by atoms with Gasteiger partial charge in [0.1, 0.15) is 5.65 Å². The average molecular weight is 673 g/mol. The first-order valence-electron chi connectivity index (χ1n) is 18.2. The highest BCUT2D eigenvalue weighted by Crippen LogP contribution is 2.49. The van der Waals surface area contributed by atoms with Crippen LogP contribution in [0.2, 0.25) is 0 Å². The first kappa shape index (κ1) is 27.5. The van der Waals surface area contributed by atoms with Gasteiger partial charge in [-0.1, -0.05) is 115 Å². The highest BCUT2D eigenvalue weighted by atomic mass is 15.2. The highest BCUT2D eigenvalue weighted by molar-refractivity contribution is 6.35. The number of aromatic nitrogens is 3. The number of hydrogen-bond acceptors (Lipinski definition) is 2. The van der Waals surface area contributed by atoms with Gasteiger partial charge >= 0.3 is 0 Å². The van der Waals surface area contributed by atoms with Crippen LogP contribution in [0.25, 0.3) is 98.0 Å². The predicted octanol–water partition coefficient (Wildman–Crippen LogP) is 13.2. The number of anilines is 3. The highest BCUT2D eigenvalue weighted by Gasteiger charge is 2.27. The van der Waals surface area contributed by atoms with Crippen molar-refractivity contribution >= 4 is 115 Å². The van der Waals surface area contributed by atoms with Crippen molar-refractivity contribution in [3.05, 3.63) is 170 Å². The third kappa shape index (κ3) is 3.39. The van der Waals surface area contributed by atoms with Crippen LogP contribution in [0.4, 0.5) is 17.1 Å². The van der Waals surface area contributed by atoms with Crippen LogP contribution in [0.5, 0.6) is 0 Å². The summed E-state index contributed by atoms with van der Waals surface area (Å²) in [6.07, 6.45) is 0. The SMILES string of the molecule is c1ccc(N(c2ccccc2)c2cccc3c4c5ccccc5cc5c6nc7c(cc6n(c23)c54)c2c3ccccc3cc3c4ccccc4n7c32)cc1. The lowest BCUT2D eigenvalue weighted by Crippen LogP contribution is -2.10. The van der Waals surface area contributed by atoms with E-state index >= 15 is 0 Å². The Morgan fingerprint density at radius 1 is 0.377 bits per heavy atom. The maximum Gasteiger partial charge on any atom is 0.146 e. The largest absolute Gasteiger partial charge is 0.308 e. The molecule has 0 amide bonds. The van der Waals surface area contributed by atoms with E-state index in [1.807, 2.05) is 0 Å². The summed E-state index contributed by atoms with van der Waals surface area (Å²) < 4.78 is 4.95. The van der Waals surface area contributed by atoms with E-state index < -0.39 is 0 Å². The van der Waals surface area contributed by atoms with Gasteiger partial charge in [-0.3, -0.25) is 4.40 Å². The Balaban J connectivity index is 1.29. The zero-order valence-electron chi connectivity index (χ0n) is 28.5. The Bertz CT molecular complexity index is 3580. The summed E-state index contributed by atoms with van der Waals surface area (Å²) in [4.78, 5) is 8.15. The lowest BCUT2D eigenvalue weighted by atomic mass is 10.00. The molecule has 0 aliphatic rings. The molecule has 0 fully saturated rings. The Morgan fingerprint density at radius 2 is 0.943 bits per heavy atom. The van der Waals surface area contributed by atoms with Gasteiger partial charge < -0.3 is 9.30 Å². The Kier molecular flexibility index (Phi) is 5.08. The zero-order chi connectivity index (χ0) is 34.4. The quantitative estimate of drug-likeness (QED) is 0.187. The lowest BCUT2D eigenvalue weighted by molar-refractivity contribution is 1.26. The smallest absolute Gasteiger partial charge is 0.146 e. The second-order valence-corrected chi connectivity index (χ2v) is 14.3. The summed E-state index contributed by atoms with van der Waals surface area (Å²) in [7, 11) is 0. The second-order valence-electron chi connectivity index (χ2n) is 14.3. The fourth-order valence-corrected chi connectivity index (χ4v) is 9.60. The molecule has 0 saturated heterocycles. The first-order valence-corrected chi connectivity index (χ1v) is 18.2. The van der Waals surface area contributed by atoms with Crippen LogP contribution in [0, 0.1) is 0 Å². The number of para-hydroxylation sites is 4. The molecule has 0 bridgehead atoms. The van der Waals surface area contributed by atoms with E-state index in [4.69, 9.17) is 4.98 Å². The number of rotatable bonds is 3. The molecule has 244 valence electrons. The summed E-state index contributed by atoms with van der Waals surface area (Å²) in [6.45, 7) is 0. The van der Waals surface area contributed by atoms with Crippen molar-refractivity contribution in [1.29, 1.82) is 0 Å². The van der Waals surface area contributed by atoms with Crippen molar-refractivity contribution in [2.75, 3.05) is 4.90 Å². The molecule has 0 atom stereocenters. The van der Waals surface area contributed by atoms with Crippen LogP contribution >= 0.6 is 0 Å². The summed E-state index contributed by atoms with van der Waals surface area (Å²) in [5, 5.41) is 13.7. The fraction of sp³-hybridized carbons (Fsp3) is 0. The summed E-state index contributed by atoms with van der Waals surface area (Å²) >= 11 is 0. The Morgan fingerprint density at radius 3 is 1.66 bits per heavy atom. The van der Waals surface area contributed by atoms with Crippen molar-refractivity contribution < 1.29 is 0 Å². The van der Waals surface area contributed by atoms with Gasteiger partial charge in [-0.25, -0.2) is 4.98 Å². The topological polar surface area (TPSA) is 25.0 Å². The van der Waals surface area contributed by atoms with Crippen LogP contribution in [-0.2, 0) is 0 Å². The predicted molar refractivity (Wildman–Crippen MR) is 223 cm³/mol. The summed E-state index contributed by atoms with van der Waals surface area (Å²) in [6, 6.07) is 61.9. The van der Waals surface area contributed by atoms with Crippen LogP contribution in [0.1, 0.15) is 0 Å². The van der Waals surface area contributed by atoms with Crippen molar-refractivity contribution in [2.24, 2.45) is 0 Å². The minimum Gasteiger partial charge on any atom is -0.308 e. The van der Waals surface area contributed by atoms with Crippen LogP contribution in [0.3, 0.4) is 0 Å². The van der Waals surface area contributed by atoms with Crippen molar-refractivity contribution in [2.45, 2.75) is 0 Å². The maximum absolute atomic E-state index is 5.75. The molecular weight excluding hydrogens is 645 g/mol. The van der Waals surface area contributed by atoms with Gasteiger partial charge in [0, 0.05) is 49.1 Å². The van der Waals surface area contributed by atoms with E-state index in [0.29, 0.717) is 0 Å². The molecule has 0 radical (unpaired) electrons. The standard InChI is InChI=1S/C49H28N4/c1-3-16-31(17-4-1)51(32-18-5-2-6-19-32)41-25-13-23-36-43-33-20-9-8-15-30(33)27-39-45-42(52(46(36)41)48(39)43)28-38-44-34-21-10-7-14-29(34)26-37-35-22-11-12-24-40(35)53(47(37)44)49(38)50-45/h1-28H. The number of pyridine rings is 1. The van der Waals surface area contributed by atoms with E-state index in [9.17, 15) is 0 Å². The zero-order valence-corrected chi connectivity index (χ0v) is 28.5. The molecule has 13 rings (SSSR count). The minimum atomic E-state index is 1.01. The summed E-state index contributed by atoms with van der Waals surface area (Å²) in [5.41, 5.74) is 11.4. The van der Waals surface area contributed by atoms with E-state index in [2.05, 4.69) is 184 Å². The molecular formula is C49H28N4. The van der Waals surface area contributed by atoms with Gasteiger partial charge in [0.15, 0.2) is 0 Å². The number of hydrogen-bond donors (Lipinski definition) is 0. The molecule has 13 aromatic rings. The van der Waals surface area contributed by atoms with Gasteiger partial charge in [-0.05, 0) is 76.1 Å². The van der Waals surface area contributed by atoms with Crippen LogP contribution in [-0.4, -0.2) is 13.8 Å². The molecule has 5 aromatic heterocycles. The first-order chi connectivity index (χ1) is 26.3. The summed E-state index contributed by atoms with van der Waals surface area (Å²) in [5.74, 6) is 0. The number of fused-ring (bicyclic) bond motifs is 16. The Labute approximate surface area is 302 Å². The van der Waals surface area contributed by atoms with E-state index in [1.165, 1.54) is 81.3 Å². The van der Waals surface area contributed by atoms with E-state index in [0.717, 1.165) is 33.7 Å². The van der Waals surface area contributed by atoms with Crippen molar-refractivity contribution in [1.82, 2.24) is 13.8 Å². The van der Waals surface area contributed by atoms with Crippen LogP contribution < -0.4 is 4.90 Å². The maximum atomic E-state index is 5.75. The van der Waals surface area contributed by atoms with E-state index in [1.54, 1.807) is 0 Å². The molecule has 0 unspecified atom stereocenters. The van der Waals surface area contributed by atoms with Gasteiger partial charge in [0.05, 0.1) is 38.8 Å². The minimum absolute atomic E-state index is 1.01. The molecule has 0 aliphatic carbocycles. The van der Waals surface area contributed by atoms with Crippen molar-refractivity contribution in [3.63, 3.8) is 0 Å². The number of nitrogens with zero attached hydrogens (tertiary/aromatic N) is 4. The van der Waals surface area contributed by atoms with Gasteiger partial charge in [-0.2, -0.15) is 0 Å². The molecule has 8 aromatic carbocycles. The molecule has 4 heteroatoms. The molecule has 5 heterocycles. The monoisotopic (exact) mass is 672 g/mol. The molecule has 4 nitrogen and oxygen atoms in total. The molecule has 0 spiro atoms. The van der Waals surface area contributed by atoms with E-state index in [-0.39, 0.29) is 0 Å².